The van der Waals surface area contributed by atoms with Crippen molar-refractivity contribution >= 4 is 37.8 Å². The summed E-state index contributed by atoms with van der Waals surface area (Å²) in [6, 6.07) is 0.407. The van der Waals surface area contributed by atoms with E-state index in [-0.39, 0.29) is 5.92 Å². The molecule has 2 unspecified atom stereocenters. The molecule has 0 saturated carbocycles. The molecule has 0 aromatic heterocycles. The maximum atomic E-state index is 11.5. The van der Waals surface area contributed by atoms with Crippen molar-refractivity contribution in [2.24, 2.45) is 5.92 Å². The van der Waals surface area contributed by atoms with Gasteiger partial charge in [-0.25, -0.2) is 0 Å². The van der Waals surface area contributed by atoms with Crippen molar-refractivity contribution in [1.82, 2.24) is 4.90 Å². The summed E-state index contributed by atoms with van der Waals surface area (Å²) in [7, 11) is 0. The molecule has 0 spiro atoms. The number of hydrogen-bond acceptors (Lipinski definition) is 1. The van der Waals surface area contributed by atoms with E-state index in [9.17, 15) is 4.79 Å². The highest BCUT2D eigenvalue weighted by Gasteiger charge is 2.35. The zero-order chi connectivity index (χ0) is 9.14. The average Bonchev–Trinajstić information content (AvgIpc) is 2.33. The first-order chi connectivity index (χ1) is 5.70. The molecule has 1 heterocycles. The van der Waals surface area contributed by atoms with Crippen molar-refractivity contribution in [2.75, 3.05) is 17.2 Å². The second-order valence-electron chi connectivity index (χ2n) is 3.17. The molecule has 0 radical (unpaired) electrons. The van der Waals surface area contributed by atoms with E-state index in [1.165, 1.54) is 0 Å². The Morgan fingerprint density at radius 1 is 1.58 bits per heavy atom. The molecule has 1 aliphatic heterocycles. The Bertz CT molecular complexity index is 174. The quantitative estimate of drug-likeness (QED) is 0.730. The fourth-order valence-electron chi connectivity index (χ4n) is 1.63. The van der Waals surface area contributed by atoms with Gasteiger partial charge in [0.05, 0.1) is 0 Å². The number of amides is 1. The lowest BCUT2D eigenvalue weighted by Gasteiger charge is -2.21. The predicted molar refractivity (Wildman–Crippen MR) is 56.9 cm³/mol. The van der Waals surface area contributed by atoms with Crippen molar-refractivity contribution in [2.45, 2.75) is 19.4 Å². The molecule has 0 aliphatic carbocycles. The Balaban J connectivity index is 2.60. The highest BCUT2D eigenvalue weighted by Crippen LogP contribution is 2.25. The minimum Gasteiger partial charge on any atom is -0.338 e. The summed E-state index contributed by atoms with van der Waals surface area (Å²) in [5, 5.41) is 1.77. The van der Waals surface area contributed by atoms with Gasteiger partial charge in [0, 0.05) is 29.2 Å². The third-order valence-electron chi connectivity index (χ3n) is 2.27. The van der Waals surface area contributed by atoms with E-state index in [2.05, 4.69) is 31.9 Å². The van der Waals surface area contributed by atoms with E-state index in [1.54, 1.807) is 0 Å². The second kappa shape index (κ2) is 4.61. The Kier molecular flexibility index (Phi) is 4.03. The number of halogens is 2. The summed E-state index contributed by atoms with van der Waals surface area (Å²) in [4.78, 5) is 13.5. The summed E-state index contributed by atoms with van der Waals surface area (Å²) in [6.45, 7) is 2.84. The molecular formula is C8H13Br2NO. The van der Waals surface area contributed by atoms with Gasteiger partial charge in [-0.05, 0) is 6.42 Å². The Labute approximate surface area is 89.9 Å². The Morgan fingerprint density at radius 2 is 2.25 bits per heavy atom. The molecule has 0 N–H and O–H groups in total. The number of likely N-dealkylation sites (tertiary alicyclic amines) is 1. The lowest BCUT2D eigenvalue weighted by atomic mass is 10.1. The number of hydrogen-bond donors (Lipinski definition) is 0. The minimum atomic E-state index is 0.214. The van der Waals surface area contributed by atoms with Crippen LogP contribution in [0.1, 0.15) is 13.3 Å². The number of carbonyl (C=O) groups excluding carboxylic acids is 1. The summed E-state index contributed by atoms with van der Waals surface area (Å²) in [5.41, 5.74) is 0. The summed E-state index contributed by atoms with van der Waals surface area (Å²) >= 11 is 6.79. The van der Waals surface area contributed by atoms with E-state index < -0.39 is 0 Å². The molecule has 2 nitrogen and oxygen atoms in total. The first-order valence-electron chi connectivity index (χ1n) is 4.13. The van der Waals surface area contributed by atoms with Gasteiger partial charge in [0.1, 0.15) is 0 Å². The van der Waals surface area contributed by atoms with Crippen molar-refractivity contribution in [3.8, 4) is 0 Å². The first-order valence-corrected chi connectivity index (χ1v) is 6.37. The minimum absolute atomic E-state index is 0.214. The summed E-state index contributed by atoms with van der Waals surface area (Å²) < 4.78 is 0. The number of rotatable bonds is 3. The lowest BCUT2D eigenvalue weighted by Crippen LogP contribution is -2.36. The topological polar surface area (TPSA) is 20.3 Å². The predicted octanol–water partition coefficient (Wildman–Crippen LogP) is 2.01. The van der Waals surface area contributed by atoms with Crippen LogP contribution in [0, 0.1) is 5.92 Å². The average molecular weight is 299 g/mol. The third kappa shape index (κ3) is 2.02. The van der Waals surface area contributed by atoms with Crippen molar-refractivity contribution in [1.29, 1.82) is 0 Å². The number of carbonyl (C=O) groups is 1. The van der Waals surface area contributed by atoms with Crippen LogP contribution in [0.4, 0.5) is 0 Å². The molecule has 0 aromatic rings. The van der Waals surface area contributed by atoms with Gasteiger partial charge >= 0.3 is 0 Å². The van der Waals surface area contributed by atoms with Gasteiger partial charge in [-0.15, -0.1) is 0 Å². The molecule has 1 aliphatic rings. The van der Waals surface area contributed by atoms with E-state index in [4.69, 9.17) is 0 Å². The van der Waals surface area contributed by atoms with Crippen LogP contribution in [0.3, 0.4) is 0 Å². The van der Waals surface area contributed by atoms with Crippen LogP contribution in [0.25, 0.3) is 0 Å². The van der Waals surface area contributed by atoms with Gasteiger partial charge in [0.15, 0.2) is 0 Å². The van der Waals surface area contributed by atoms with E-state index in [1.807, 2.05) is 11.8 Å². The van der Waals surface area contributed by atoms with Gasteiger partial charge in [-0.3, -0.25) is 4.79 Å². The summed E-state index contributed by atoms with van der Waals surface area (Å²) in [5.74, 6) is 0.519. The first kappa shape index (κ1) is 10.5. The monoisotopic (exact) mass is 297 g/mol. The highest BCUT2D eigenvalue weighted by molar-refractivity contribution is 9.09. The van der Waals surface area contributed by atoms with E-state index in [0.717, 1.165) is 23.6 Å². The molecule has 12 heavy (non-hydrogen) atoms. The smallest absolute Gasteiger partial charge is 0.225 e. The Morgan fingerprint density at radius 3 is 2.75 bits per heavy atom. The zero-order valence-corrected chi connectivity index (χ0v) is 10.3. The van der Waals surface area contributed by atoms with Crippen LogP contribution < -0.4 is 0 Å². The standard InChI is InChI=1S/C8H13Br2NO/c1-6-4-7(5-10)11(3-2-9)8(6)12/h6-7H,2-5H2,1H3. The lowest BCUT2D eigenvalue weighted by molar-refractivity contribution is -0.131. The van der Waals surface area contributed by atoms with Crippen LogP contribution >= 0.6 is 31.9 Å². The van der Waals surface area contributed by atoms with Gasteiger partial charge in [-0.1, -0.05) is 38.8 Å². The van der Waals surface area contributed by atoms with Crippen LogP contribution in [0.2, 0.25) is 0 Å². The van der Waals surface area contributed by atoms with Crippen LogP contribution in [0.15, 0.2) is 0 Å². The molecule has 0 bridgehead atoms. The molecule has 1 rings (SSSR count). The van der Waals surface area contributed by atoms with Gasteiger partial charge in [0.25, 0.3) is 0 Å². The van der Waals surface area contributed by atoms with Gasteiger partial charge in [-0.2, -0.15) is 0 Å². The fraction of sp³-hybridized carbons (Fsp3) is 0.875. The van der Waals surface area contributed by atoms with Gasteiger partial charge in [0.2, 0.25) is 5.91 Å². The molecule has 1 fully saturated rings. The molecule has 1 amide bonds. The second-order valence-corrected chi connectivity index (χ2v) is 4.61. The molecule has 0 aromatic carbocycles. The number of alkyl halides is 2. The maximum absolute atomic E-state index is 11.5. The van der Waals surface area contributed by atoms with Crippen LogP contribution in [-0.2, 0) is 4.79 Å². The van der Waals surface area contributed by atoms with Gasteiger partial charge < -0.3 is 4.90 Å². The molecular weight excluding hydrogens is 286 g/mol. The third-order valence-corrected chi connectivity index (χ3v) is 3.38. The largest absolute Gasteiger partial charge is 0.338 e. The Hall–Kier alpha value is 0.430. The molecule has 1 saturated heterocycles. The maximum Gasteiger partial charge on any atom is 0.225 e. The van der Waals surface area contributed by atoms with Crippen molar-refractivity contribution in [3.05, 3.63) is 0 Å². The SMILES string of the molecule is CC1CC(CBr)N(CCBr)C1=O. The molecule has 4 heteroatoms. The normalized spacial score (nSPS) is 29.9. The molecule has 70 valence electrons. The summed E-state index contributed by atoms with van der Waals surface area (Å²) in [6.07, 6.45) is 0.997. The van der Waals surface area contributed by atoms with Crippen LogP contribution in [0.5, 0.6) is 0 Å². The highest BCUT2D eigenvalue weighted by atomic mass is 79.9. The van der Waals surface area contributed by atoms with E-state index >= 15 is 0 Å². The number of nitrogens with zero attached hydrogens (tertiary/aromatic N) is 1. The van der Waals surface area contributed by atoms with Crippen molar-refractivity contribution in [3.63, 3.8) is 0 Å². The zero-order valence-electron chi connectivity index (χ0n) is 7.09. The van der Waals surface area contributed by atoms with Crippen LogP contribution in [-0.4, -0.2) is 34.1 Å². The van der Waals surface area contributed by atoms with E-state index in [0.29, 0.717) is 11.9 Å². The molecule has 2 atom stereocenters. The fourth-order valence-corrected chi connectivity index (χ4v) is 2.63. The van der Waals surface area contributed by atoms with Crippen molar-refractivity contribution < 1.29 is 4.79 Å².